The van der Waals surface area contributed by atoms with E-state index in [9.17, 15) is 14.7 Å². The fraction of sp³-hybridized carbons (Fsp3) is 0.323. The minimum Gasteiger partial charge on any atom is -0.481 e. The molecular weight excluding hydrogens is 478 g/mol. The van der Waals surface area contributed by atoms with Crippen LogP contribution in [0.4, 0.5) is 0 Å². The Morgan fingerprint density at radius 1 is 1.03 bits per heavy atom. The highest BCUT2D eigenvalue weighted by molar-refractivity contribution is 5.84. The van der Waals surface area contributed by atoms with Crippen LogP contribution in [0, 0.1) is 5.41 Å². The second-order valence-corrected chi connectivity index (χ2v) is 10.6. The average molecular weight is 512 g/mol. The molecule has 0 atom stereocenters. The van der Waals surface area contributed by atoms with Crippen LogP contribution in [-0.4, -0.2) is 38.0 Å². The maximum absolute atomic E-state index is 13.1. The summed E-state index contributed by atoms with van der Waals surface area (Å²) < 4.78 is 8.27. The van der Waals surface area contributed by atoms with Crippen molar-refractivity contribution in [1.82, 2.24) is 14.5 Å². The first-order valence-corrected chi connectivity index (χ1v) is 13.1. The number of amides is 1. The van der Waals surface area contributed by atoms with Gasteiger partial charge < -0.3 is 19.3 Å². The lowest BCUT2D eigenvalue weighted by Crippen LogP contribution is -2.36. The van der Waals surface area contributed by atoms with Crippen molar-refractivity contribution in [3.05, 3.63) is 89.7 Å². The molecule has 0 saturated carbocycles. The van der Waals surface area contributed by atoms with E-state index in [-0.39, 0.29) is 5.91 Å². The molecule has 196 valence electrons. The molecule has 7 nitrogen and oxygen atoms in total. The fourth-order valence-electron chi connectivity index (χ4n) is 5.10. The Morgan fingerprint density at radius 3 is 2.61 bits per heavy atom. The van der Waals surface area contributed by atoms with Crippen LogP contribution in [-0.2, 0) is 29.1 Å². The topological polar surface area (TPSA) is 84.7 Å². The van der Waals surface area contributed by atoms with Crippen LogP contribution in [0.25, 0.3) is 11.0 Å². The molecule has 0 unspecified atom stereocenters. The van der Waals surface area contributed by atoms with Gasteiger partial charge in [-0.3, -0.25) is 9.59 Å². The highest BCUT2D eigenvalue weighted by Crippen LogP contribution is 2.32. The van der Waals surface area contributed by atoms with Crippen molar-refractivity contribution in [2.75, 3.05) is 6.54 Å². The van der Waals surface area contributed by atoms with Gasteiger partial charge in [0.2, 0.25) is 5.91 Å². The van der Waals surface area contributed by atoms with Gasteiger partial charge in [0.05, 0.1) is 12.0 Å². The number of hydrogen-bond acceptors (Lipinski definition) is 4. The van der Waals surface area contributed by atoms with Crippen LogP contribution >= 0.6 is 0 Å². The number of rotatable bonds is 9. The standard InChI is InChI=1S/C31H33N3O4/c1-31(2,30(36)37)16-7-14-28(35)33-18-15-25-26-13-8-17-32-29(26)34(27(25)21-33)20-22-9-6-12-24(19-22)38-23-10-4-3-5-11-23/h3-6,8-13,17,19H,7,14-16,18,20-21H2,1-2H3,(H,36,37). The zero-order valence-electron chi connectivity index (χ0n) is 21.9. The Balaban J connectivity index is 1.36. The molecule has 0 radical (unpaired) electrons. The molecule has 1 amide bonds. The molecule has 0 saturated heterocycles. The maximum atomic E-state index is 13.1. The van der Waals surface area contributed by atoms with Gasteiger partial charge in [-0.25, -0.2) is 4.98 Å². The number of nitrogens with zero attached hydrogens (tertiary/aromatic N) is 3. The van der Waals surface area contributed by atoms with Gasteiger partial charge >= 0.3 is 5.97 Å². The van der Waals surface area contributed by atoms with Gasteiger partial charge in [-0.05, 0) is 80.6 Å². The molecule has 0 bridgehead atoms. The third-order valence-electron chi connectivity index (χ3n) is 7.36. The quantitative estimate of drug-likeness (QED) is 0.296. The summed E-state index contributed by atoms with van der Waals surface area (Å²) in [5.74, 6) is 0.798. The second kappa shape index (κ2) is 10.7. The second-order valence-electron chi connectivity index (χ2n) is 10.6. The van der Waals surface area contributed by atoms with Gasteiger partial charge in [0.1, 0.15) is 17.1 Å². The highest BCUT2D eigenvalue weighted by atomic mass is 16.5. The van der Waals surface area contributed by atoms with Crippen LogP contribution in [0.3, 0.4) is 0 Å². The van der Waals surface area contributed by atoms with Crippen molar-refractivity contribution in [3.8, 4) is 11.5 Å². The van der Waals surface area contributed by atoms with E-state index in [1.807, 2.05) is 65.7 Å². The first-order chi connectivity index (χ1) is 18.3. The van der Waals surface area contributed by atoms with Gasteiger partial charge in [-0.2, -0.15) is 0 Å². The normalized spacial score (nSPS) is 13.4. The van der Waals surface area contributed by atoms with E-state index in [2.05, 4.69) is 16.7 Å². The van der Waals surface area contributed by atoms with Crippen LogP contribution in [0.5, 0.6) is 11.5 Å². The molecular formula is C31H33N3O4. The van der Waals surface area contributed by atoms with Gasteiger partial charge in [0.25, 0.3) is 0 Å². The van der Waals surface area contributed by atoms with Gasteiger partial charge in [0, 0.05) is 36.8 Å². The zero-order valence-corrected chi connectivity index (χ0v) is 21.9. The van der Waals surface area contributed by atoms with E-state index in [1.165, 1.54) is 5.56 Å². The predicted octanol–water partition coefficient (Wildman–Crippen LogP) is 6.04. The number of carboxylic acids is 1. The smallest absolute Gasteiger partial charge is 0.309 e. The van der Waals surface area contributed by atoms with Crippen LogP contribution in [0.2, 0.25) is 0 Å². The Bertz CT molecular complexity index is 1460. The van der Waals surface area contributed by atoms with Crippen molar-refractivity contribution in [1.29, 1.82) is 0 Å². The molecule has 38 heavy (non-hydrogen) atoms. The first-order valence-electron chi connectivity index (χ1n) is 13.1. The number of benzene rings is 2. The van der Waals surface area contributed by atoms with E-state index in [4.69, 9.17) is 9.72 Å². The van der Waals surface area contributed by atoms with Crippen LogP contribution in [0.15, 0.2) is 72.9 Å². The molecule has 5 rings (SSSR count). The minimum atomic E-state index is -0.831. The average Bonchev–Trinajstić information content (AvgIpc) is 3.22. The molecule has 0 spiro atoms. The summed E-state index contributed by atoms with van der Waals surface area (Å²) in [6.45, 7) is 5.20. The number of carboxylic acid groups (broad SMARTS) is 1. The lowest BCUT2D eigenvalue weighted by molar-refractivity contribution is -0.147. The van der Waals surface area contributed by atoms with Gasteiger partial charge in [0.15, 0.2) is 0 Å². The van der Waals surface area contributed by atoms with E-state index in [0.29, 0.717) is 38.9 Å². The number of hydrogen-bond donors (Lipinski definition) is 1. The summed E-state index contributed by atoms with van der Waals surface area (Å²) in [6.07, 6.45) is 3.96. The number of carbonyl (C=O) groups is 2. The van der Waals surface area contributed by atoms with E-state index in [1.54, 1.807) is 13.8 Å². The number of aliphatic carboxylic acids is 1. The Hall–Kier alpha value is -4.13. The van der Waals surface area contributed by atoms with Gasteiger partial charge in [-0.1, -0.05) is 30.3 Å². The van der Waals surface area contributed by atoms with E-state index < -0.39 is 11.4 Å². The number of ether oxygens (including phenoxy) is 1. The molecule has 4 aromatic rings. The maximum Gasteiger partial charge on any atom is 0.309 e. The SMILES string of the molecule is CC(C)(CCCC(=O)N1CCc2c(n(Cc3cccc(Oc4ccccc4)c3)c3ncccc23)C1)C(=O)O. The lowest BCUT2D eigenvalue weighted by atomic mass is 9.87. The van der Waals surface area contributed by atoms with E-state index >= 15 is 0 Å². The number of para-hydroxylation sites is 1. The van der Waals surface area contributed by atoms with Crippen LogP contribution in [0.1, 0.15) is 49.9 Å². The van der Waals surface area contributed by atoms with Gasteiger partial charge in [-0.15, -0.1) is 0 Å². The monoisotopic (exact) mass is 511 g/mol. The van der Waals surface area contributed by atoms with Crippen LogP contribution < -0.4 is 4.74 Å². The van der Waals surface area contributed by atoms with Crippen molar-refractivity contribution in [2.45, 2.75) is 52.6 Å². The van der Waals surface area contributed by atoms with Crippen molar-refractivity contribution in [2.24, 2.45) is 5.41 Å². The number of fused-ring (bicyclic) bond motifs is 3. The third kappa shape index (κ3) is 5.42. The molecule has 2 aromatic carbocycles. The summed E-state index contributed by atoms with van der Waals surface area (Å²) >= 11 is 0. The minimum absolute atomic E-state index is 0.0693. The number of pyridine rings is 1. The van der Waals surface area contributed by atoms with E-state index in [0.717, 1.165) is 40.2 Å². The zero-order chi connectivity index (χ0) is 26.7. The molecule has 0 aliphatic carbocycles. The van der Waals surface area contributed by atoms with Crippen molar-refractivity contribution in [3.63, 3.8) is 0 Å². The largest absolute Gasteiger partial charge is 0.481 e. The summed E-state index contributed by atoms with van der Waals surface area (Å²) in [6, 6.07) is 21.9. The van der Waals surface area contributed by atoms with Crippen molar-refractivity contribution < 1.29 is 19.4 Å². The molecule has 1 N–H and O–H groups in total. The van der Waals surface area contributed by atoms with Crippen molar-refractivity contribution >= 4 is 22.9 Å². The Labute approximate surface area is 222 Å². The third-order valence-corrected chi connectivity index (χ3v) is 7.36. The summed E-state index contributed by atoms with van der Waals surface area (Å²) in [5, 5.41) is 10.5. The molecule has 3 heterocycles. The highest BCUT2D eigenvalue weighted by Gasteiger charge is 2.29. The Kier molecular flexibility index (Phi) is 7.18. The molecule has 0 fully saturated rings. The molecule has 7 heteroatoms. The summed E-state index contributed by atoms with van der Waals surface area (Å²) in [7, 11) is 0. The molecule has 2 aromatic heterocycles. The Morgan fingerprint density at radius 2 is 1.82 bits per heavy atom. The lowest BCUT2D eigenvalue weighted by Gasteiger charge is -2.29. The first kappa shape index (κ1) is 25.5. The molecule has 1 aliphatic rings. The fourth-order valence-corrected chi connectivity index (χ4v) is 5.10. The molecule has 1 aliphatic heterocycles. The number of aromatic nitrogens is 2. The predicted molar refractivity (Wildman–Crippen MR) is 146 cm³/mol. The summed E-state index contributed by atoms with van der Waals surface area (Å²) in [4.78, 5) is 31.1. The summed E-state index contributed by atoms with van der Waals surface area (Å²) in [5.41, 5.74) is 3.54. The number of carbonyl (C=O) groups excluding carboxylic acids is 1.